The third-order valence-electron chi connectivity index (χ3n) is 2.35. The molecule has 0 aromatic heterocycles. The standard InChI is InChI=1S/C13H12BrNO2S2/c1-3-17-9-4-5-10(14)8(6-9)7-11-12(16)19-13(15-11)18-2/h4-7H,3H2,1-2H3/b11-7+. The molecule has 2 rings (SSSR count). The predicted molar refractivity (Wildman–Crippen MR) is 86.8 cm³/mol. The summed E-state index contributed by atoms with van der Waals surface area (Å²) in [5.74, 6) is 0.782. The van der Waals surface area contributed by atoms with Crippen LogP contribution in [0.25, 0.3) is 6.08 Å². The van der Waals surface area contributed by atoms with Crippen LogP contribution >= 0.6 is 39.5 Å². The quantitative estimate of drug-likeness (QED) is 0.760. The van der Waals surface area contributed by atoms with Crippen LogP contribution in [-0.4, -0.2) is 22.4 Å². The first-order valence-corrected chi connectivity index (χ1v) is 8.46. The van der Waals surface area contributed by atoms with Gasteiger partial charge in [-0.25, -0.2) is 4.99 Å². The molecule has 100 valence electrons. The smallest absolute Gasteiger partial charge is 0.244 e. The van der Waals surface area contributed by atoms with Gasteiger partial charge in [0.2, 0.25) is 5.12 Å². The number of halogens is 1. The number of aliphatic imine (C=N–C) groups is 1. The molecule has 1 aliphatic heterocycles. The highest BCUT2D eigenvalue weighted by Crippen LogP contribution is 2.32. The van der Waals surface area contributed by atoms with E-state index in [-0.39, 0.29) is 5.12 Å². The van der Waals surface area contributed by atoms with E-state index in [2.05, 4.69) is 20.9 Å². The first kappa shape index (κ1) is 14.7. The first-order valence-electron chi connectivity index (χ1n) is 5.63. The van der Waals surface area contributed by atoms with Crippen LogP contribution < -0.4 is 4.74 Å². The molecule has 0 fully saturated rings. The Morgan fingerprint density at radius 1 is 1.53 bits per heavy atom. The lowest BCUT2D eigenvalue weighted by molar-refractivity contribution is -0.107. The zero-order valence-corrected chi connectivity index (χ0v) is 13.7. The van der Waals surface area contributed by atoms with Crippen LogP contribution in [0.15, 0.2) is 33.4 Å². The van der Waals surface area contributed by atoms with Crippen LogP contribution in [0.4, 0.5) is 0 Å². The van der Waals surface area contributed by atoms with Crippen LogP contribution in [0.2, 0.25) is 0 Å². The van der Waals surface area contributed by atoms with E-state index in [9.17, 15) is 4.79 Å². The van der Waals surface area contributed by atoms with Crippen molar-refractivity contribution in [3.8, 4) is 5.75 Å². The molecule has 0 aliphatic carbocycles. The Morgan fingerprint density at radius 3 is 2.95 bits per heavy atom. The van der Waals surface area contributed by atoms with Crippen LogP contribution in [0.1, 0.15) is 12.5 Å². The average Bonchev–Trinajstić information content (AvgIpc) is 2.75. The summed E-state index contributed by atoms with van der Waals surface area (Å²) in [5.41, 5.74) is 1.37. The summed E-state index contributed by atoms with van der Waals surface area (Å²) < 4.78 is 7.15. The zero-order valence-electron chi connectivity index (χ0n) is 10.5. The van der Waals surface area contributed by atoms with Crippen LogP contribution in [0, 0.1) is 0 Å². The minimum atomic E-state index is -0.0157. The SMILES string of the molecule is CCOc1ccc(Br)c(/C=C2/N=C(SC)SC2=O)c1. The third kappa shape index (κ3) is 3.64. The van der Waals surface area contributed by atoms with Crippen molar-refractivity contribution in [3.05, 3.63) is 33.9 Å². The fourth-order valence-electron chi connectivity index (χ4n) is 1.51. The molecule has 1 aliphatic rings. The number of carbonyl (C=O) groups is 1. The van der Waals surface area contributed by atoms with E-state index >= 15 is 0 Å². The van der Waals surface area contributed by atoms with Crippen LogP contribution in [0.3, 0.4) is 0 Å². The number of nitrogens with zero attached hydrogens (tertiary/aromatic N) is 1. The van der Waals surface area contributed by atoms with Crippen molar-refractivity contribution in [1.82, 2.24) is 0 Å². The maximum Gasteiger partial charge on any atom is 0.244 e. The molecule has 0 N–H and O–H groups in total. The largest absolute Gasteiger partial charge is 0.494 e. The van der Waals surface area contributed by atoms with Gasteiger partial charge in [0.1, 0.15) is 15.8 Å². The molecular weight excluding hydrogens is 346 g/mol. The molecule has 0 radical (unpaired) electrons. The summed E-state index contributed by atoms with van der Waals surface area (Å²) in [6.07, 6.45) is 3.69. The molecule has 0 saturated carbocycles. The molecule has 0 atom stereocenters. The average molecular weight is 358 g/mol. The van der Waals surface area contributed by atoms with E-state index in [1.807, 2.05) is 31.4 Å². The Morgan fingerprint density at radius 2 is 2.32 bits per heavy atom. The lowest BCUT2D eigenvalue weighted by Gasteiger charge is -2.05. The lowest BCUT2D eigenvalue weighted by atomic mass is 10.2. The fraction of sp³-hybridized carbons (Fsp3) is 0.231. The Bertz CT molecular complexity index is 570. The van der Waals surface area contributed by atoms with Gasteiger partial charge in [-0.05, 0) is 54.8 Å². The molecule has 0 bridgehead atoms. The molecule has 6 heteroatoms. The highest BCUT2D eigenvalue weighted by molar-refractivity contribution is 9.10. The minimum Gasteiger partial charge on any atom is -0.494 e. The molecule has 1 aromatic rings. The van der Waals surface area contributed by atoms with E-state index in [0.29, 0.717) is 12.3 Å². The van der Waals surface area contributed by atoms with Crippen LogP contribution in [0.5, 0.6) is 5.75 Å². The Labute approximate surface area is 129 Å². The van der Waals surface area contributed by atoms with E-state index in [4.69, 9.17) is 4.74 Å². The molecule has 1 aromatic carbocycles. The number of ether oxygens (including phenoxy) is 1. The lowest BCUT2D eigenvalue weighted by Crippen LogP contribution is -1.93. The van der Waals surface area contributed by atoms with Crippen molar-refractivity contribution in [2.75, 3.05) is 12.9 Å². The van der Waals surface area contributed by atoms with Gasteiger partial charge in [-0.2, -0.15) is 0 Å². The van der Waals surface area contributed by atoms with Crippen molar-refractivity contribution < 1.29 is 9.53 Å². The maximum atomic E-state index is 11.8. The van der Waals surface area contributed by atoms with Gasteiger partial charge >= 0.3 is 0 Å². The normalized spacial score (nSPS) is 16.9. The van der Waals surface area contributed by atoms with Gasteiger partial charge in [-0.3, -0.25) is 4.79 Å². The van der Waals surface area contributed by atoms with Gasteiger partial charge < -0.3 is 4.74 Å². The summed E-state index contributed by atoms with van der Waals surface area (Å²) in [6, 6.07) is 5.69. The van der Waals surface area contributed by atoms with Crippen molar-refractivity contribution in [3.63, 3.8) is 0 Å². The zero-order chi connectivity index (χ0) is 13.8. The molecule has 0 spiro atoms. The molecule has 3 nitrogen and oxygen atoms in total. The van der Waals surface area contributed by atoms with Gasteiger partial charge in [-0.15, -0.1) is 11.8 Å². The molecule has 0 unspecified atom stereocenters. The van der Waals surface area contributed by atoms with Gasteiger partial charge in [0.25, 0.3) is 0 Å². The van der Waals surface area contributed by atoms with E-state index in [1.165, 1.54) is 23.5 Å². The van der Waals surface area contributed by atoms with E-state index < -0.39 is 0 Å². The molecule has 19 heavy (non-hydrogen) atoms. The number of thioether (sulfide) groups is 2. The monoisotopic (exact) mass is 357 g/mol. The topological polar surface area (TPSA) is 38.7 Å². The first-order chi connectivity index (χ1) is 9.13. The molecule has 0 amide bonds. The van der Waals surface area contributed by atoms with Gasteiger partial charge in [0.15, 0.2) is 0 Å². The second kappa shape index (κ2) is 6.63. The van der Waals surface area contributed by atoms with Gasteiger partial charge in [0, 0.05) is 4.47 Å². The number of hydrogen-bond donors (Lipinski definition) is 0. The predicted octanol–water partition coefficient (Wildman–Crippen LogP) is 4.18. The Balaban J connectivity index is 2.34. The number of rotatable bonds is 3. The van der Waals surface area contributed by atoms with Gasteiger partial charge in [-0.1, -0.05) is 15.9 Å². The van der Waals surface area contributed by atoms with E-state index in [1.54, 1.807) is 6.08 Å². The summed E-state index contributed by atoms with van der Waals surface area (Å²) in [4.78, 5) is 16.1. The second-order valence-corrected chi connectivity index (χ2v) is 6.49. The minimum absolute atomic E-state index is 0.0157. The number of carbonyl (C=O) groups excluding carboxylic acids is 1. The number of hydrogen-bond acceptors (Lipinski definition) is 5. The summed E-state index contributed by atoms with van der Waals surface area (Å²) in [5, 5.41) is -0.0157. The fourth-order valence-corrected chi connectivity index (χ4v) is 3.14. The molecular formula is C13H12BrNO2S2. The van der Waals surface area contributed by atoms with Gasteiger partial charge in [0.05, 0.1) is 6.61 Å². The number of benzene rings is 1. The van der Waals surface area contributed by atoms with Crippen molar-refractivity contribution in [2.24, 2.45) is 4.99 Å². The van der Waals surface area contributed by atoms with E-state index in [0.717, 1.165) is 20.2 Å². The summed E-state index contributed by atoms with van der Waals surface area (Å²) in [7, 11) is 0. The Hall–Kier alpha value is -0.720. The highest BCUT2D eigenvalue weighted by atomic mass is 79.9. The third-order valence-corrected chi connectivity index (χ3v) is 4.92. The second-order valence-electron chi connectivity index (χ2n) is 3.62. The summed E-state index contributed by atoms with van der Waals surface area (Å²) >= 11 is 6.12. The van der Waals surface area contributed by atoms with Crippen LogP contribution in [-0.2, 0) is 4.79 Å². The maximum absolute atomic E-state index is 11.8. The molecule has 0 saturated heterocycles. The summed E-state index contributed by atoms with van der Waals surface area (Å²) in [6.45, 7) is 2.55. The van der Waals surface area contributed by atoms with Crippen molar-refractivity contribution in [1.29, 1.82) is 0 Å². The van der Waals surface area contributed by atoms with Crippen molar-refractivity contribution in [2.45, 2.75) is 6.92 Å². The van der Waals surface area contributed by atoms with Crippen molar-refractivity contribution >= 4 is 55.0 Å². The Kier molecular flexibility index (Phi) is 5.13. The molecule has 1 heterocycles. The highest BCUT2D eigenvalue weighted by Gasteiger charge is 2.21.